The van der Waals surface area contributed by atoms with Gasteiger partial charge >= 0.3 is 5.97 Å². The smallest absolute Gasteiger partial charge is 0.304 e. The maximum atomic E-state index is 13.9. The van der Waals surface area contributed by atoms with E-state index in [1.807, 2.05) is 13.8 Å². The zero-order valence-corrected chi connectivity index (χ0v) is 16.0. The highest BCUT2D eigenvalue weighted by molar-refractivity contribution is 7.88. The van der Waals surface area contributed by atoms with Crippen molar-refractivity contribution in [1.82, 2.24) is 4.31 Å². The largest absolute Gasteiger partial charge is 0.481 e. The van der Waals surface area contributed by atoms with Crippen LogP contribution in [-0.4, -0.2) is 43.1 Å². The Morgan fingerprint density at radius 3 is 2.12 bits per heavy atom. The molecule has 1 saturated heterocycles. The first-order valence-electron chi connectivity index (χ1n) is 8.60. The highest BCUT2D eigenvalue weighted by Gasteiger charge is 2.46. The van der Waals surface area contributed by atoms with Gasteiger partial charge in [-0.2, -0.15) is 0 Å². The number of rotatable bonds is 6. The van der Waals surface area contributed by atoms with Crippen molar-refractivity contribution in [2.45, 2.75) is 38.5 Å². The number of carboxylic acid groups (broad SMARTS) is 1. The van der Waals surface area contributed by atoms with Gasteiger partial charge in [-0.1, -0.05) is 13.8 Å². The van der Waals surface area contributed by atoms with E-state index in [1.54, 1.807) is 0 Å². The molecule has 0 radical (unpaired) electrons. The molecule has 0 bridgehead atoms. The normalized spacial score (nSPS) is 19.5. The Morgan fingerprint density at radius 2 is 1.73 bits per heavy atom. The fourth-order valence-corrected chi connectivity index (χ4v) is 5.14. The molecule has 0 saturated carbocycles. The number of carboxylic acids is 1. The molecule has 1 aromatic rings. The first-order chi connectivity index (χ1) is 12.0. The van der Waals surface area contributed by atoms with Crippen LogP contribution in [0.2, 0.25) is 0 Å². The number of sulfonamides is 1. The lowest BCUT2D eigenvalue weighted by Crippen LogP contribution is -2.48. The second kappa shape index (κ2) is 7.60. The van der Waals surface area contributed by atoms with Gasteiger partial charge in [0.05, 0.1) is 12.7 Å². The standard InChI is InChI=1S/C18H25F2NO4S/c1-12(2)18(11-17(22)23,14-8-15(19)10-16(20)9-14)13-4-6-21(7-5-13)26(3,24)25/h8-10,12-13H,4-7,11H2,1-3H3,(H,22,23)/t18-/m1/s1. The van der Waals surface area contributed by atoms with E-state index in [-0.39, 0.29) is 31.3 Å². The van der Waals surface area contributed by atoms with Crippen molar-refractivity contribution in [2.24, 2.45) is 11.8 Å². The van der Waals surface area contributed by atoms with E-state index >= 15 is 0 Å². The number of hydrogen-bond donors (Lipinski definition) is 1. The Hall–Kier alpha value is -1.54. The van der Waals surface area contributed by atoms with Crippen molar-refractivity contribution in [3.8, 4) is 0 Å². The molecule has 0 unspecified atom stereocenters. The fraction of sp³-hybridized carbons (Fsp3) is 0.611. The maximum Gasteiger partial charge on any atom is 0.304 e. The van der Waals surface area contributed by atoms with Crippen LogP contribution in [0.4, 0.5) is 8.78 Å². The molecule has 8 heteroatoms. The summed E-state index contributed by atoms with van der Waals surface area (Å²) in [6, 6.07) is 3.17. The van der Waals surface area contributed by atoms with Crippen LogP contribution in [0.25, 0.3) is 0 Å². The molecule has 2 rings (SSSR count). The first kappa shape index (κ1) is 20.8. The van der Waals surface area contributed by atoms with Crippen LogP contribution in [0.15, 0.2) is 18.2 Å². The van der Waals surface area contributed by atoms with E-state index in [1.165, 1.54) is 16.4 Å². The van der Waals surface area contributed by atoms with Crippen molar-refractivity contribution in [1.29, 1.82) is 0 Å². The van der Waals surface area contributed by atoms with Crippen molar-refractivity contribution in [2.75, 3.05) is 19.3 Å². The average molecular weight is 389 g/mol. The van der Waals surface area contributed by atoms with Gasteiger partial charge in [0, 0.05) is 24.6 Å². The number of halogens is 2. The minimum absolute atomic E-state index is 0.196. The van der Waals surface area contributed by atoms with E-state index in [2.05, 4.69) is 0 Å². The molecule has 5 nitrogen and oxygen atoms in total. The molecule has 0 spiro atoms. The molecule has 1 atom stereocenters. The van der Waals surface area contributed by atoms with E-state index in [4.69, 9.17) is 0 Å². The molecule has 0 aliphatic carbocycles. The minimum atomic E-state index is -3.32. The highest BCUT2D eigenvalue weighted by atomic mass is 32.2. The number of benzene rings is 1. The third kappa shape index (κ3) is 4.23. The quantitative estimate of drug-likeness (QED) is 0.812. The Kier molecular flexibility index (Phi) is 6.07. The van der Waals surface area contributed by atoms with E-state index in [9.17, 15) is 27.1 Å². The fourth-order valence-electron chi connectivity index (χ4n) is 4.27. The Balaban J connectivity index is 2.49. The lowest BCUT2D eigenvalue weighted by molar-refractivity contribution is -0.140. The van der Waals surface area contributed by atoms with E-state index in [0.717, 1.165) is 12.3 Å². The number of hydrogen-bond acceptors (Lipinski definition) is 3. The molecule has 1 heterocycles. The topological polar surface area (TPSA) is 74.7 Å². The van der Waals surface area contributed by atoms with Gasteiger partial charge in [-0.25, -0.2) is 21.5 Å². The van der Waals surface area contributed by atoms with Crippen molar-refractivity contribution >= 4 is 16.0 Å². The first-order valence-corrected chi connectivity index (χ1v) is 10.4. The molecular weight excluding hydrogens is 364 g/mol. The summed E-state index contributed by atoms with van der Waals surface area (Å²) in [6.07, 6.45) is 1.76. The third-order valence-electron chi connectivity index (χ3n) is 5.53. The van der Waals surface area contributed by atoms with Crippen LogP contribution in [0.5, 0.6) is 0 Å². The predicted molar refractivity (Wildman–Crippen MR) is 94.3 cm³/mol. The zero-order valence-electron chi connectivity index (χ0n) is 15.2. The van der Waals surface area contributed by atoms with E-state index < -0.39 is 33.0 Å². The summed E-state index contributed by atoms with van der Waals surface area (Å²) in [5.74, 6) is -2.94. The van der Waals surface area contributed by atoms with Crippen LogP contribution in [0.3, 0.4) is 0 Å². The van der Waals surface area contributed by atoms with Crippen LogP contribution in [0.1, 0.15) is 38.7 Å². The molecule has 1 aromatic carbocycles. The Bertz CT molecular complexity index is 753. The van der Waals surface area contributed by atoms with Gasteiger partial charge in [-0.3, -0.25) is 4.79 Å². The summed E-state index contributed by atoms with van der Waals surface area (Å²) >= 11 is 0. The summed E-state index contributed by atoms with van der Waals surface area (Å²) in [4.78, 5) is 11.6. The average Bonchev–Trinajstić information content (AvgIpc) is 2.50. The molecule has 26 heavy (non-hydrogen) atoms. The Morgan fingerprint density at radius 1 is 1.23 bits per heavy atom. The summed E-state index contributed by atoms with van der Waals surface area (Å²) < 4.78 is 52.6. The summed E-state index contributed by atoms with van der Waals surface area (Å²) in [5, 5.41) is 9.52. The second-order valence-corrected chi connectivity index (χ2v) is 9.34. The summed E-state index contributed by atoms with van der Waals surface area (Å²) in [7, 11) is -3.32. The number of piperidine rings is 1. The van der Waals surface area contributed by atoms with Gasteiger partial charge in [0.2, 0.25) is 10.0 Å². The summed E-state index contributed by atoms with van der Waals surface area (Å²) in [5.41, 5.74) is -0.650. The molecule has 1 aliphatic rings. The van der Waals surface area contributed by atoms with Crippen molar-refractivity contribution in [3.63, 3.8) is 0 Å². The number of aliphatic carboxylic acids is 1. The molecule has 1 fully saturated rings. The highest BCUT2D eigenvalue weighted by Crippen LogP contribution is 2.47. The lowest BCUT2D eigenvalue weighted by atomic mass is 9.59. The predicted octanol–water partition coefficient (Wildman–Crippen LogP) is 3.00. The van der Waals surface area contributed by atoms with E-state index in [0.29, 0.717) is 18.4 Å². The summed E-state index contributed by atoms with van der Waals surface area (Å²) in [6.45, 7) is 4.23. The van der Waals surface area contributed by atoms with Crippen LogP contribution < -0.4 is 0 Å². The number of nitrogens with zero attached hydrogens (tertiary/aromatic N) is 1. The Labute approximate surface area is 153 Å². The maximum absolute atomic E-state index is 13.9. The third-order valence-corrected chi connectivity index (χ3v) is 6.83. The van der Waals surface area contributed by atoms with Crippen LogP contribution >= 0.6 is 0 Å². The van der Waals surface area contributed by atoms with Crippen molar-refractivity contribution < 1.29 is 27.1 Å². The number of carbonyl (C=O) groups is 1. The zero-order chi connectivity index (χ0) is 19.7. The van der Waals surface area contributed by atoms with Gasteiger partial charge in [-0.05, 0) is 42.4 Å². The molecule has 0 amide bonds. The van der Waals surface area contributed by atoms with Gasteiger partial charge < -0.3 is 5.11 Å². The molecule has 1 N–H and O–H groups in total. The molecule has 1 aliphatic heterocycles. The van der Waals surface area contributed by atoms with Crippen LogP contribution in [0, 0.1) is 23.5 Å². The van der Waals surface area contributed by atoms with Crippen LogP contribution in [-0.2, 0) is 20.2 Å². The molecular formula is C18H25F2NO4S. The van der Waals surface area contributed by atoms with Gasteiger partial charge in [-0.15, -0.1) is 0 Å². The second-order valence-electron chi connectivity index (χ2n) is 7.36. The molecule has 0 aromatic heterocycles. The van der Waals surface area contributed by atoms with Gasteiger partial charge in [0.25, 0.3) is 0 Å². The minimum Gasteiger partial charge on any atom is -0.481 e. The molecule has 146 valence electrons. The monoisotopic (exact) mass is 389 g/mol. The van der Waals surface area contributed by atoms with Gasteiger partial charge in [0.1, 0.15) is 11.6 Å². The SMILES string of the molecule is CC(C)[C@@](CC(=O)O)(c1cc(F)cc(F)c1)C1CCN(S(C)(=O)=O)CC1. The lowest BCUT2D eigenvalue weighted by Gasteiger charge is -2.47. The van der Waals surface area contributed by atoms with Gasteiger partial charge in [0.15, 0.2) is 0 Å². The van der Waals surface area contributed by atoms with Crippen molar-refractivity contribution in [3.05, 3.63) is 35.4 Å².